The van der Waals surface area contributed by atoms with Gasteiger partial charge in [-0.2, -0.15) is 0 Å². The summed E-state index contributed by atoms with van der Waals surface area (Å²) in [5, 5.41) is 11.8. The first-order valence-electron chi connectivity index (χ1n) is 12.7. The van der Waals surface area contributed by atoms with Crippen LogP contribution in [0.4, 0.5) is 0 Å². The summed E-state index contributed by atoms with van der Waals surface area (Å²) in [6, 6.07) is 0. The van der Waals surface area contributed by atoms with Gasteiger partial charge in [-0.05, 0) is 85.0 Å². The molecule has 0 radical (unpaired) electrons. The average molecular weight is 431 g/mol. The van der Waals surface area contributed by atoms with E-state index in [4.69, 9.17) is 4.74 Å². The van der Waals surface area contributed by atoms with E-state index in [1.165, 1.54) is 18.9 Å². The number of ether oxygens (including phenoxy) is 1. The highest BCUT2D eigenvalue weighted by Crippen LogP contribution is 2.68. The smallest absolute Gasteiger partial charge is 0.302 e. The molecule has 31 heavy (non-hydrogen) atoms. The monoisotopic (exact) mass is 430 g/mol. The Bertz CT molecular complexity index is 756. The Morgan fingerprint density at radius 3 is 2.65 bits per heavy atom. The Labute approximate surface area is 188 Å². The highest BCUT2D eigenvalue weighted by molar-refractivity contribution is 5.91. The van der Waals surface area contributed by atoms with Crippen molar-refractivity contribution in [2.45, 2.75) is 92.1 Å². The topological polar surface area (TPSA) is 63.6 Å². The molecule has 9 atom stereocenters. The molecule has 4 heteroatoms. The van der Waals surface area contributed by atoms with Crippen LogP contribution in [0.15, 0.2) is 11.6 Å². The predicted molar refractivity (Wildman–Crippen MR) is 121 cm³/mol. The Morgan fingerprint density at radius 2 is 1.97 bits per heavy atom. The van der Waals surface area contributed by atoms with Crippen molar-refractivity contribution in [3.05, 3.63) is 11.6 Å². The summed E-state index contributed by atoms with van der Waals surface area (Å²) in [4.78, 5) is 23.7. The lowest BCUT2D eigenvalue weighted by Crippen LogP contribution is -2.58. The minimum atomic E-state index is -0.345. The molecule has 174 valence electrons. The van der Waals surface area contributed by atoms with Crippen molar-refractivity contribution in [3.63, 3.8) is 0 Å². The van der Waals surface area contributed by atoms with Gasteiger partial charge in [-0.25, -0.2) is 0 Å². The Hall–Kier alpha value is -1.16. The van der Waals surface area contributed by atoms with E-state index < -0.39 is 0 Å². The third-order valence-electron chi connectivity index (χ3n) is 10.1. The largest absolute Gasteiger partial charge is 0.466 e. The van der Waals surface area contributed by atoms with E-state index in [0.717, 1.165) is 38.5 Å². The van der Waals surface area contributed by atoms with E-state index in [-0.39, 0.29) is 34.6 Å². The number of carbonyl (C=O) groups excluding carboxylic acids is 2. The summed E-state index contributed by atoms with van der Waals surface area (Å²) < 4.78 is 5.39. The van der Waals surface area contributed by atoms with Crippen LogP contribution >= 0.6 is 0 Å². The van der Waals surface area contributed by atoms with Gasteiger partial charge in [0.2, 0.25) is 0 Å². The predicted octanol–water partition coefficient (Wildman–Crippen LogP) is 5.33. The number of esters is 1. The van der Waals surface area contributed by atoms with Crippen LogP contribution in [0.25, 0.3) is 0 Å². The molecule has 0 amide bonds. The van der Waals surface area contributed by atoms with Crippen molar-refractivity contribution >= 4 is 11.8 Å². The molecule has 4 aliphatic rings. The summed E-state index contributed by atoms with van der Waals surface area (Å²) in [6.07, 6.45) is 9.82. The van der Waals surface area contributed by atoms with Crippen molar-refractivity contribution in [2.24, 2.45) is 46.3 Å². The number of hydrogen-bond donors (Lipinski definition) is 1. The Balaban J connectivity index is 1.66. The van der Waals surface area contributed by atoms with Crippen LogP contribution in [-0.4, -0.2) is 29.6 Å². The third-order valence-corrected chi connectivity index (χ3v) is 10.1. The molecule has 0 saturated heterocycles. The van der Waals surface area contributed by atoms with Gasteiger partial charge in [0.05, 0.1) is 12.7 Å². The minimum absolute atomic E-state index is 0.0560. The van der Waals surface area contributed by atoms with Gasteiger partial charge in [0, 0.05) is 19.3 Å². The maximum atomic E-state index is 12.3. The summed E-state index contributed by atoms with van der Waals surface area (Å²) in [5.74, 6) is 2.36. The quantitative estimate of drug-likeness (QED) is 0.599. The SMILES string of the molecule is CCC[C@H]1C2=CC(=O)CC[C@]2(C)C2CC[C@@]3(C)C(CC[C@@H]3[C@H](C)COC(C)=O)C2[C@@H]1O. The second-order valence-corrected chi connectivity index (χ2v) is 11.7. The maximum absolute atomic E-state index is 12.3. The molecule has 0 bridgehead atoms. The van der Waals surface area contributed by atoms with E-state index in [9.17, 15) is 14.7 Å². The lowest BCUT2D eigenvalue weighted by Gasteiger charge is -2.62. The first-order chi connectivity index (χ1) is 14.6. The number of fused-ring (bicyclic) bond motifs is 5. The van der Waals surface area contributed by atoms with Crippen molar-refractivity contribution < 1.29 is 19.4 Å². The first kappa shape index (κ1) is 23.0. The molecule has 4 nitrogen and oxygen atoms in total. The molecule has 0 aliphatic heterocycles. The number of ketones is 1. The zero-order valence-corrected chi connectivity index (χ0v) is 20.2. The van der Waals surface area contributed by atoms with Crippen LogP contribution in [0, 0.1) is 46.3 Å². The van der Waals surface area contributed by atoms with E-state index >= 15 is 0 Å². The molecule has 3 saturated carbocycles. The van der Waals surface area contributed by atoms with Gasteiger partial charge in [-0.1, -0.05) is 39.7 Å². The molecule has 3 unspecified atom stereocenters. The molecule has 0 aromatic rings. The van der Waals surface area contributed by atoms with Crippen molar-refractivity contribution in [1.29, 1.82) is 0 Å². The Morgan fingerprint density at radius 1 is 1.23 bits per heavy atom. The van der Waals surface area contributed by atoms with Crippen LogP contribution in [-0.2, 0) is 14.3 Å². The fourth-order valence-electron chi connectivity index (χ4n) is 8.71. The summed E-state index contributed by atoms with van der Waals surface area (Å²) in [6.45, 7) is 11.3. The maximum Gasteiger partial charge on any atom is 0.302 e. The number of aliphatic hydroxyl groups is 1. The van der Waals surface area contributed by atoms with E-state index in [1.807, 2.05) is 6.08 Å². The molecular formula is C27H42O4. The molecule has 0 spiro atoms. The highest BCUT2D eigenvalue weighted by Gasteiger charge is 2.63. The molecular weight excluding hydrogens is 388 g/mol. The molecule has 1 N–H and O–H groups in total. The highest BCUT2D eigenvalue weighted by atomic mass is 16.5. The van der Waals surface area contributed by atoms with Gasteiger partial charge in [0.1, 0.15) is 0 Å². The second-order valence-electron chi connectivity index (χ2n) is 11.7. The van der Waals surface area contributed by atoms with Gasteiger partial charge in [0.25, 0.3) is 0 Å². The number of hydrogen-bond acceptors (Lipinski definition) is 4. The van der Waals surface area contributed by atoms with Gasteiger partial charge in [-0.3, -0.25) is 9.59 Å². The zero-order valence-electron chi connectivity index (χ0n) is 20.2. The fraction of sp³-hybridized carbons (Fsp3) is 0.852. The van der Waals surface area contributed by atoms with E-state index in [0.29, 0.717) is 42.6 Å². The van der Waals surface area contributed by atoms with Crippen molar-refractivity contribution in [2.75, 3.05) is 6.61 Å². The van der Waals surface area contributed by atoms with E-state index in [2.05, 4.69) is 27.7 Å². The van der Waals surface area contributed by atoms with Gasteiger partial charge >= 0.3 is 5.97 Å². The molecule has 3 fully saturated rings. The van der Waals surface area contributed by atoms with Crippen molar-refractivity contribution in [1.82, 2.24) is 0 Å². The van der Waals surface area contributed by atoms with Gasteiger partial charge in [-0.15, -0.1) is 0 Å². The molecule has 0 heterocycles. The molecule has 0 aromatic heterocycles. The van der Waals surface area contributed by atoms with Gasteiger partial charge in [0.15, 0.2) is 5.78 Å². The van der Waals surface area contributed by atoms with Crippen LogP contribution in [0.1, 0.15) is 86.0 Å². The Kier molecular flexibility index (Phi) is 6.17. The van der Waals surface area contributed by atoms with Gasteiger partial charge < -0.3 is 9.84 Å². The first-order valence-corrected chi connectivity index (χ1v) is 12.7. The van der Waals surface area contributed by atoms with Crippen molar-refractivity contribution in [3.8, 4) is 0 Å². The second kappa shape index (κ2) is 8.32. The third kappa shape index (κ3) is 3.61. The van der Waals surface area contributed by atoms with Crippen LogP contribution in [0.2, 0.25) is 0 Å². The zero-order chi connectivity index (χ0) is 22.6. The van der Waals surface area contributed by atoms with Crippen LogP contribution in [0.3, 0.4) is 0 Å². The molecule has 0 aromatic carbocycles. The standard InChI is InChI=1S/C27H42O4/c1-6-7-19-23-14-18(29)10-12-27(23,5)22-11-13-26(4)20(16(2)15-31-17(3)28)8-9-21(26)24(22)25(19)30/h14,16,19-22,24-25,30H,6-13,15H2,1-5H3/t16-,19+,20-,21?,22?,24?,25-,26-,27-/m1/s1. The summed E-state index contributed by atoms with van der Waals surface area (Å²) in [7, 11) is 0. The average Bonchev–Trinajstić information content (AvgIpc) is 3.07. The number of aliphatic hydroxyl groups excluding tert-OH is 1. The number of carbonyl (C=O) groups is 2. The normalized spacial score (nSPS) is 45.2. The minimum Gasteiger partial charge on any atom is -0.466 e. The molecule has 4 aliphatic carbocycles. The van der Waals surface area contributed by atoms with E-state index in [1.54, 1.807) is 0 Å². The summed E-state index contributed by atoms with van der Waals surface area (Å²) in [5.41, 5.74) is 1.52. The number of rotatable bonds is 5. The lowest BCUT2D eigenvalue weighted by molar-refractivity contribution is -0.146. The molecule has 4 rings (SSSR count). The van der Waals surface area contributed by atoms with Crippen LogP contribution < -0.4 is 0 Å². The van der Waals surface area contributed by atoms with Crippen LogP contribution in [0.5, 0.6) is 0 Å². The summed E-state index contributed by atoms with van der Waals surface area (Å²) >= 11 is 0. The fourth-order valence-corrected chi connectivity index (χ4v) is 8.71. The lowest BCUT2D eigenvalue weighted by atomic mass is 9.43.